The highest BCUT2D eigenvalue weighted by Gasteiger charge is 2.47. The molecule has 0 radical (unpaired) electrons. The Hall–Kier alpha value is -4.09. The fraction of sp³-hybridized carbons (Fsp3) is 0.407. The van der Waals surface area contributed by atoms with Gasteiger partial charge in [0.1, 0.15) is 12.6 Å². The van der Waals surface area contributed by atoms with Gasteiger partial charge in [-0.15, -0.1) is 0 Å². The fourth-order valence-electron chi connectivity index (χ4n) is 5.08. The molecule has 1 aliphatic carbocycles. The van der Waals surface area contributed by atoms with E-state index in [9.17, 15) is 32.3 Å². The van der Waals surface area contributed by atoms with Gasteiger partial charge in [-0.3, -0.25) is 9.59 Å². The number of ether oxygens (including phenoxy) is 1. The maximum atomic E-state index is 13.9. The first-order chi connectivity index (χ1) is 18.5. The molecule has 0 saturated heterocycles. The minimum Gasteiger partial charge on any atom is -0.430 e. The molecular weight excluding hydrogens is 517 g/mol. The molecule has 2 atom stereocenters. The molecule has 0 aromatic heterocycles. The number of aryl methyl sites for hydroxylation is 2. The molecule has 0 saturated carbocycles. The predicted molar refractivity (Wildman–Crippen MR) is 135 cm³/mol. The molecule has 2 N–H and O–H groups in total. The topological polar surface area (TPSA) is 108 Å². The standard InChI is InChI=1S/C27H29F3N4O5/c1-31-24(37)32-20-8-9-21-18(13-20)11-12-26(21,16-35)39-25(38)33(2)15-23(36)34-14-19-6-4-3-5-17(19)7-10-22(34)27(28,29)30/h3-6,8-9,13,16,22H,7,10-12,14-15H2,1-2H3,(H2,31,32,37)/t22-,26-/m1/s1. The average molecular weight is 547 g/mol. The molecule has 12 heteroatoms. The maximum Gasteiger partial charge on any atom is 0.411 e. The Morgan fingerprint density at radius 1 is 1.13 bits per heavy atom. The van der Waals surface area contributed by atoms with Crippen molar-refractivity contribution in [3.63, 3.8) is 0 Å². The number of aldehydes is 1. The Morgan fingerprint density at radius 2 is 1.85 bits per heavy atom. The second-order valence-corrected chi connectivity index (χ2v) is 9.69. The Bertz CT molecular complexity index is 1280. The largest absolute Gasteiger partial charge is 0.430 e. The van der Waals surface area contributed by atoms with Gasteiger partial charge in [-0.25, -0.2) is 9.59 Å². The number of hydrogen-bond acceptors (Lipinski definition) is 5. The number of likely N-dealkylation sites (N-methyl/N-ethyl adjacent to an activating group) is 1. The van der Waals surface area contributed by atoms with Crippen molar-refractivity contribution in [1.82, 2.24) is 15.1 Å². The number of alkyl halides is 3. The molecule has 0 spiro atoms. The zero-order valence-corrected chi connectivity index (χ0v) is 21.5. The number of fused-ring (bicyclic) bond motifs is 2. The van der Waals surface area contributed by atoms with Gasteiger partial charge in [-0.1, -0.05) is 30.3 Å². The third-order valence-electron chi connectivity index (χ3n) is 7.18. The number of urea groups is 1. The number of nitrogens with one attached hydrogen (secondary N) is 2. The van der Waals surface area contributed by atoms with E-state index in [1.807, 2.05) is 0 Å². The van der Waals surface area contributed by atoms with Crippen LogP contribution in [-0.2, 0) is 39.3 Å². The number of halogens is 3. The summed E-state index contributed by atoms with van der Waals surface area (Å²) in [7, 11) is 2.70. The zero-order chi connectivity index (χ0) is 28.4. The van der Waals surface area contributed by atoms with Crippen molar-refractivity contribution >= 4 is 30.0 Å². The number of benzene rings is 2. The van der Waals surface area contributed by atoms with E-state index in [4.69, 9.17) is 4.74 Å². The number of anilines is 1. The normalized spacial score (nSPS) is 20.2. The van der Waals surface area contributed by atoms with Crippen molar-refractivity contribution in [3.05, 3.63) is 64.7 Å². The van der Waals surface area contributed by atoms with Crippen LogP contribution in [0, 0.1) is 0 Å². The Kier molecular flexibility index (Phi) is 7.84. The molecule has 39 heavy (non-hydrogen) atoms. The lowest BCUT2D eigenvalue weighted by atomic mass is 9.97. The average Bonchev–Trinajstić information content (AvgIpc) is 3.11. The van der Waals surface area contributed by atoms with E-state index < -0.39 is 42.4 Å². The van der Waals surface area contributed by atoms with E-state index in [0.717, 1.165) is 15.4 Å². The molecule has 4 amide bonds. The van der Waals surface area contributed by atoms with Gasteiger partial charge in [0.15, 0.2) is 11.9 Å². The van der Waals surface area contributed by atoms with Crippen molar-refractivity contribution < 1.29 is 37.1 Å². The molecule has 4 rings (SSSR count). The van der Waals surface area contributed by atoms with Crippen molar-refractivity contribution in [1.29, 1.82) is 0 Å². The first kappa shape index (κ1) is 27.9. The second kappa shape index (κ2) is 11.0. The molecular formula is C27H29F3N4O5. The van der Waals surface area contributed by atoms with E-state index in [1.165, 1.54) is 14.1 Å². The summed E-state index contributed by atoms with van der Waals surface area (Å²) in [4.78, 5) is 51.5. The third-order valence-corrected chi connectivity index (χ3v) is 7.18. The maximum absolute atomic E-state index is 13.9. The minimum atomic E-state index is -4.64. The van der Waals surface area contributed by atoms with Gasteiger partial charge in [-0.05, 0) is 48.1 Å². The second-order valence-electron chi connectivity index (χ2n) is 9.69. The first-order valence-electron chi connectivity index (χ1n) is 12.4. The molecule has 9 nitrogen and oxygen atoms in total. The van der Waals surface area contributed by atoms with Gasteiger partial charge < -0.3 is 25.2 Å². The lowest BCUT2D eigenvalue weighted by Crippen LogP contribution is -2.51. The molecule has 1 heterocycles. The lowest BCUT2D eigenvalue weighted by Gasteiger charge is -2.33. The van der Waals surface area contributed by atoms with Crippen molar-refractivity contribution in [3.8, 4) is 0 Å². The number of nitrogens with zero attached hydrogens (tertiary/aromatic N) is 2. The van der Waals surface area contributed by atoms with E-state index in [-0.39, 0.29) is 25.8 Å². The highest BCUT2D eigenvalue weighted by atomic mass is 19.4. The SMILES string of the molecule is CNC(=O)Nc1ccc2c(c1)CC[C@]2(C=O)OC(=O)N(C)CC(=O)N1Cc2ccccc2CC[C@@H]1C(F)(F)F. The van der Waals surface area contributed by atoms with Crippen LogP contribution in [0.15, 0.2) is 42.5 Å². The summed E-state index contributed by atoms with van der Waals surface area (Å²) < 4.78 is 47.3. The molecule has 2 aromatic carbocycles. The van der Waals surface area contributed by atoms with Crippen molar-refractivity contribution in [2.24, 2.45) is 0 Å². The highest BCUT2D eigenvalue weighted by Crippen LogP contribution is 2.40. The summed E-state index contributed by atoms with van der Waals surface area (Å²) in [6.07, 6.45) is -4.75. The first-order valence-corrected chi connectivity index (χ1v) is 12.4. The van der Waals surface area contributed by atoms with E-state index >= 15 is 0 Å². The lowest BCUT2D eigenvalue weighted by molar-refractivity contribution is -0.192. The molecule has 0 bridgehead atoms. The van der Waals surface area contributed by atoms with Crippen LogP contribution in [0.3, 0.4) is 0 Å². The van der Waals surface area contributed by atoms with Gasteiger partial charge in [0, 0.05) is 38.3 Å². The summed E-state index contributed by atoms with van der Waals surface area (Å²) in [5, 5.41) is 5.06. The third kappa shape index (κ3) is 5.84. The fourth-order valence-corrected chi connectivity index (χ4v) is 5.08. The summed E-state index contributed by atoms with van der Waals surface area (Å²) in [6, 6.07) is 9.27. The molecule has 0 unspecified atom stereocenters. The van der Waals surface area contributed by atoms with Crippen LogP contribution in [-0.4, -0.2) is 67.0 Å². The molecule has 0 fully saturated rings. The van der Waals surface area contributed by atoms with E-state index in [0.29, 0.717) is 35.1 Å². The van der Waals surface area contributed by atoms with Gasteiger partial charge in [0.25, 0.3) is 0 Å². The highest BCUT2D eigenvalue weighted by molar-refractivity contribution is 5.89. The Balaban J connectivity index is 1.48. The van der Waals surface area contributed by atoms with Crippen LogP contribution in [0.5, 0.6) is 0 Å². The number of carbonyl (C=O) groups is 4. The monoisotopic (exact) mass is 546 g/mol. The van der Waals surface area contributed by atoms with Crippen molar-refractivity contribution in [2.75, 3.05) is 26.0 Å². The van der Waals surface area contributed by atoms with Crippen LogP contribution < -0.4 is 10.6 Å². The number of hydrogen-bond donors (Lipinski definition) is 2. The summed E-state index contributed by atoms with van der Waals surface area (Å²) in [5.74, 6) is -0.884. The number of amides is 4. The van der Waals surface area contributed by atoms with Crippen LogP contribution in [0.4, 0.5) is 28.4 Å². The smallest absolute Gasteiger partial charge is 0.411 e. The van der Waals surface area contributed by atoms with Gasteiger partial charge in [0.2, 0.25) is 5.91 Å². The zero-order valence-electron chi connectivity index (χ0n) is 21.5. The van der Waals surface area contributed by atoms with E-state index in [1.54, 1.807) is 42.5 Å². The van der Waals surface area contributed by atoms with Gasteiger partial charge in [-0.2, -0.15) is 13.2 Å². The molecule has 2 aliphatic rings. The molecule has 2 aromatic rings. The molecule has 1 aliphatic heterocycles. The van der Waals surface area contributed by atoms with Gasteiger partial charge >= 0.3 is 18.3 Å². The Labute approximate surface area is 223 Å². The van der Waals surface area contributed by atoms with Gasteiger partial charge in [0.05, 0.1) is 0 Å². The predicted octanol–water partition coefficient (Wildman–Crippen LogP) is 3.75. The summed E-state index contributed by atoms with van der Waals surface area (Å²) in [5.41, 5.74) is 1.37. The minimum absolute atomic E-state index is 0.141. The van der Waals surface area contributed by atoms with Crippen LogP contribution in [0.25, 0.3) is 0 Å². The summed E-state index contributed by atoms with van der Waals surface area (Å²) >= 11 is 0. The van der Waals surface area contributed by atoms with Crippen LogP contribution in [0.2, 0.25) is 0 Å². The van der Waals surface area contributed by atoms with Crippen molar-refractivity contribution in [2.45, 2.75) is 50.0 Å². The number of carbonyl (C=O) groups excluding carboxylic acids is 4. The van der Waals surface area contributed by atoms with Crippen LogP contribution in [0.1, 0.15) is 35.1 Å². The van der Waals surface area contributed by atoms with Crippen LogP contribution >= 0.6 is 0 Å². The quantitative estimate of drug-likeness (QED) is 0.556. The molecule has 208 valence electrons. The Morgan fingerprint density at radius 3 is 2.51 bits per heavy atom. The van der Waals surface area contributed by atoms with E-state index in [2.05, 4.69) is 10.6 Å². The number of rotatable bonds is 5. The summed E-state index contributed by atoms with van der Waals surface area (Å²) in [6.45, 7) is -0.898.